The molecule has 0 aliphatic heterocycles. The van der Waals surface area contributed by atoms with Crippen LogP contribution in [-0.2, 0) is 11.8 Å². The average molecular weight is 284 g/mol. The van der Waals surface area contributed by atoms with E-state index in [9.17, 15) is 10.2 Å². The van der Waals surface area contributed by atoms with E-state index in [2.05, 4.69) is 32.0 Å². The Labute approximate surface area is 127 Å². The van der Waals surface area contributed by atoms with Crippen LogP contribution in [0, 0.1) is 20.8 Å². The Balaban J connectivity index is 2.45. The van der Waals surface area contributed by atoms with E-state index in [1.54, 1.807) is 0 Å². The Bertz CT molecular complexity index is 592. The molecule has 0 spiro atoms. The van der Waals surface area contributed by atoms with Crippen LogP contribution in [0.3, 0.4) is 0 Å². The topological polar surface area (TPSA) is 40.5 Å². The molecular formula is C19H24O2. The quantitative estimate of drug-likeness (QED) is 0.886. The van der Waals surface area contributed by atoms with Crippen LogP contribution >= 0.6 is 0 Å². The maximum Gasteiger partial charge on any atom is 0.0553 e. The van der Waals surface area contributed by atoms with Gasteiger partial charge in [0.15, 0.2) is 0 Å². The van der Waals surface area contributed by atoms with Crippen LogP contribution in [0.25, 0.3) is 0 Å². The van der Waals surface area contributed by atoms with Crippen molar-refractivity contribution in [1.29, 1.82) is 0 Å². The normalized spacial score (nSPS) is 11.7. The van der Waals surface area contributed by atoms with Crippen molar-refractivity contribution in [2.24, 2.45) is 0 Å². The first-order valence-corrected chi connectivity index (χ1v) is 7.36. The highest BCUT2D eigenvalue weighted by atomic mass is 16.3. The summed E-state index contributed by atoms with van der Waals surface area (Å²) in [6.45, 7) is 6.03. The van der Waals surface area contributed by atoms with Gasteiger partial charge >= 0.3 is 0 Å². The van der Waals surface area contributed by atoms with Crippen molar-refractivity contribution >= 4 is 0 Å². The van der Waals surface area contributed by atoms with Gasteiger partial charge in [-0.15, -0.1) is 0 Å². The highest BCUT2D eigenvalue weighted by molar-refractivity contribution is 5.38. The third-order valence-electron chi connectivity index (χ3n) is 4.15. The molecule has 0 heterocycles. The Kier molecular flexibility index (Phi) is 4.81. The van der Waals surface area contributed by atoms with Crippen LogP contribution in [0.15, 0.2) is 42.5 Å². The monoisotopic (exact) mass is 284 g/mol. The van der Waals surface area contributed by atoms with Gasteiger partial charge in [-0.05, 0) is 43.9 Å². The molecule has 2 N–H and O–H groups in total. The lowest BCUT2D eigenvalue weighted by atomic mass is 9.75. The molecule has 0 aliphatic carbocycles. The van der Waals surface area contributed by atoms with Crippen LogP contribution in [0.4, 0.5) is 0 Å². The smallest absolute Gasteiger partial charge is 0.0553 e. The molecule has 0 radical (unpaired) electrons. The van der Waals surface area contributed by atoms with Crippen LogP contribution in [0.5, 0.6) is 0 Å². The van der Waals surface area contributed by atoms with Gasteiger partial charge in [-0.3, -0.25) is 0 Å². The fraction of sp³-hybridized carbons (Fsp3) is 0.368. The SMILES string of the molecule is Cc1cc(C)cc(CC(CO)(CO)c2ccccc2C)c1. The molecule has 112 valence electrons. The Morgan fingerprint density at radius 3 is 1.95 bits per heavy atom. The van der Waals surface area contributed by atoms with E-state index in [-0.39, 0.29) is 13.2 Å². The minimum atomic E-state index is -0.633. The van der Waals surface area contributed by atoms with Crippen molar-refractivity contribution in [3.8, 4) is 0 Å². The van der Waals surface area contributed by atoms with Gasteiger partial charge in [0, 0.05) is 5.41 Å². The third-order valence-corrected chi connectivity index (χ3v) is 4.15. The number of hydrogen-bond acceptors (Lipinski definition) is 2. The second kappa shape index (κ2) is 6.42. The highest BCUT2D eigenvalue weighted by Gasteiger charge is 2.32. The Morgan fingerprint density at radius 1 is 0.857 bits per heavy atom. The lowest BCUT2D eigenvalue weighted by molar-refractivity contribution is 0.115. The maximum absolute atomic E-state index is 9.99. The van der Waals surface area contributed by atoms with E-state index < -0.39 is 5.41 Å². The number of rotatable bonds is 5. The molecular weight excluding hydrogens is 260 g/mol. The van der Waals surface area contributed by atoms with Crippen LogP contribution in [-0.4, -0.2) is 23.4 Å². The van der Waals surface area contributed by atoms with Crippen molar-refractivity contribution in [2.45, 2.75) is 32.6 Å². The molecule has 0 aliphatic rings. The summed E-state index contributed by atoms with van der Waals surface area (Å²) >= 11 is 0. The van der Waals surface area contributed by atoms with Gasteiger partial charge in [0.1, 0.15) is 0 Å². The van der Waals surface area contributed by atoms with Crippen molar-refractivity contribution in [2.75, 3.05) is 13.2 Å². The summed E-state index contributed by atoms with van der Waals surface area (Å²) in [6, 6.07) is 14.4. The molecule has 0 aromatic heterocycles. The molecule has 0 bridgehead atoms. The van der Waals surface area contributed by atoms with E-state index in [0.717, 1.165) is 16.7 Å². The highest BCUT2D eigenvalue weighted by Crippen LogP contribution is 2.31. The van der Waals surface area contributed by atoms with Crippen molar-refractivity contribution in [1.82, 2.24) is 0 Å². The largest absolute Gasteiger partial charge is 0.395 e. The molecule has 0 amide bonds. The zero-order valence-electron chi connectivity index (χ0n) is 13.1. The van der Waals surface area contributed by atoms with Crippen molar-refractivity contribution in [3.05, 3.63) is 70.3 Å². The van der Waals surface area contributed by atoms with Crippen molar-refractivity contribution in [3.63, 3.8) is 0 Å². The number of aryl methyl sites for hydroxylation is 3. The summed E-state index contributed by atoms with van der Waals surface area (Å²) in [6.07, 6.45) is 0.632. The van der Waals surface area contributed by atoms with Gasteiger partial charge in [-0.25, -0.2) is 0 Å². The minimum Gasteiger partial charge on any atom is -0.395 e. The number of aliphatic hydroxyl groups excluding tert-OH is 2. The second-order valence-electron chi connectivity index (χ2n) is 6.08. The first-order valence-electron chi connectivity index (χ1n) is 7.36. The van der Waals surface area contributed by atoms with E-state index in [1.807, 2.05) is 31.2 Å². The molecule has 21 heavy (non-hydrogen) atoms. The summed E-state index contributed by atoms with van der Waals surface area (Å²) in [5.74, 6) is 0. The minimum absolute atomic E-state index is 0.0681. The average Bonchev–Trinajstić information content (AvgIpc) is 2.44. The van der Waals surface area contributed by atoms with Gasteiger partial charge in [-0.1, -0.05) is 53.6 Å². The fourth-order valence-electron chi connectivity index (χ4n) is 3.16. The summed E-state index contributed by atoms with van der Waals surface area (Å²) in [5.41, 5.74) is 5.06. The fourth-order valence-corrected chi connectivity index (χ4v) is 3.16. The molecule has 2 aromatic carbocycles. The standard InChI is InChI=1S/C19H24O2/c1-14-8-15(2)10-17(9-14)11-19(12-20,13-21)18-7-5-4-6-16(18)3/h4-10,20-21H,11-13H2,1-3H3. The van der Waals surface area contributed by atoms with E-state index in [4.69, 9.17) is 0 Å². The maximum atomic E-state index is 9.99. The molecule has 2 nitrogen and oxygen atoms in total. The van der Waals surface area contributed by atoms with E-state index in [1.165, 1.54) is 11.1 Å². The zero-order chi connectivity index (χ0) is 15.5. The number of hydrogen-bond donors (Lipinski definition) is 2. The van der Waals surface area contributed by atoms with Gasteiger partial charge in [0.2, 0.25) is 0 Å². The first-order chi connectivity index (χ1) is 10.0. The Hall–Kier alpha value is -1.64. The lowest BCUT2D eigenvalue weighted by Crippen LogP contribution is -2.38. The number of aliphatic hydroxyl groups is 2. The van der Waals surface area contributed by atoms with Crippen molar-refractivity contribution < 1.29 is 10.2 Å². The summed E-state index contributed by atoms with van der Waals surface area (Å²) < 4.78 is 0. The molecule has 0 atom stereocenters. The summed E-state index contributed by atoms with van der Waals surface area (Å²) in [5, 5.41) is 20.0. The third kappa shape index (κ3) is 3.34. The zero-order valence-corrected chi connectivity index (χ0v) is 13.1. The molecule has 2 rings (SSSR count). The van der Waals surface area contributed by atoms with Crippen LogP contribution in [0.2, 0.25) is 0 Å². The summed E-state index contributed by atoms with van der Waals surface area (Å²) in [7, 11) is 0. The van der Waals surface area contributed by atoms with Crippen LogP contribution in [0.1, 0.15) is 27.8 Å². The van der Waals surface area contributed by atoms with Gasteiger partial charge in [0.25, 0.3) is 0 Å². The second-order valence-corrected chi connectivity index (χ2v) is 6.08. The van der Waals surface area contributed by atoms with Crippen LogP contribution < -0.4 is 0 Å². The first kappa shape index (κ1) is 15.7. The molecule has 2 heteroatoms. The molecule has 2 aromatic rings. The van der Waals surface area contributed by atoms with Gasteiger partial charge in [-0.2, -0.15) is 0 Å². The van der Waals surface area contributed by atoms with E-state index in [0.29, 0.717) is 6.42 Å². The van der Waals surface area contributed by atoms with Gasteiger partial charge in [0.05, 0.1) is 13.2 Å². The van der Waals surface area contributed by atoms with E-state index >= 15 is 0 Å². The number of benzene rings is 2. The Morgan fingerprint density at radius 2 is 1.43 bits per heavy atom. The van der Waals surface area contributed by atoms with Gasteiger partial charge < -0.3 is 10.2 Å². The molecule has 0 saturated heterocycles. The predicted molar refractivity (Wildman–Crippen MR) is 86.6 cm³/mol. The molecule has 0 saturated carbocycles. The lowest BCUT2D eigenvalue weighted by Gasteiger charge is -2.32. The molecule has 0 unspecified atom stereocenters. The summed E-state index contributed by atoms with van der Waals surface area (Å²) in [4.78, 5) is 0. The predicted octanol–water partition coefficient (Wildman–Crippen LogP) is 3.08. The molecule has 0 fully saturated rings.